The Kier molecular flexibility index (Phi) is 4.09. The van der Waals surface area contributed by atoms with Gasteiger partial charge in [0.2, 0.25) is 0 Å². The van der Waals surface area contributed by atoms with Crippen molar-refractivity contribution in [2.75, 3.05) is 6.54 Å². The van der Waals surface area contributed by atoms with Gasteiger partial charge in [-0.1, -0.05) is 0 Å². The van der Waals surface area contributed by atoms with E-state index < -0.39 is 0 Å². The van der Waals surface area contributed by atoms with Gasteiger partial charge in [0.1, 0.15) is 0 Å². The maximum absolute atomic E-state index is 6.34. The number of hydrogen-bond acceptors (Lipinski definition) is 3. The summed E-state index contributed by atoms with van der Waals surface area (Å²) >= 11 is 3.43. The molecule has 100 valence electrons. The minimum atomic E-state index is 0.122. The smallest absolute Gasteiger partial charge is 0.0677 e. The summed E-state index contributed by atoms with van der Waals surface area (Å²) < 4.78 is 1.01. The lowest BCUT2D eigenvalue weighted by molar-refractivity contribution is 0.0363. The number of likely N-dealkylation sites (tertiary alicyclic amines) is 1. The standard InChI is InChI=1S/C14H22BrN3/c1-14(2,3)18-8-4-5-11(16)13(18)12-7-6-10(15)9-17-12/h6-7,9,11,13H,4-5,8,16H2,1-3H3. The van der Waals surface area contributed by atoms with Gasteiger partial charge in [-0.3, -0.25) is 9.88 Å². The van der Waals surface area contributed by atoms with E-state index in [-0.39, 0.29) is 17.6 Å². The Hall–Kier alpha value is -0.450. The first kappa shape index (κ1) is 14.0. The Labute approximate surface area is 118 Å². The quantitative estimate of drug-likeness (QED) is 0.866. The Balaban J connectivity index is 2.33. The van der Waals surface area contributed by atoms with Crippen molar-refractivity contribution in [1.82, 2.24) is 9.88 Å². The van der Waals surface area contributed by atoms with Crippen LogP contribution in [0.5, 0.6) is 0 Å². The second-order valence-electron chi connectivity index (χ2n) is 6.02. The number of piperidine rings is 1. The van der Waals surface area contributed by atoms with E-state index in [0.717, 1.165) is 23.1 Å². The van der Waals surface area contributed by atoms with E-state index in [1.165, 1.54) is 6.42 Å². The zero-order valence-electron chi connectivity index (χ0n) is 11.4. The fraction of sp³-hybridized carbons (Fsp3) is 0.643. The highest BCUT2D eigenvalue weighted by Gasteiger charge is 2.37. The fourth-order valence-corrected chi connectivity index (χ4v) is 2.95. The van der Waals surface area contributed by atoms with Crippen molar-refractivity contribution >= 4 is 15.9 Å². The van der Waals surface area contributed by atoms with Gasteiger partial charge in [-0.2, -0.15) is 0 Å². The third-order valence-corrected chi connectivity index (χ3v) is 4.06. The molecule has 1 aromatic rings. The van der Waals surface area contributed by atoms with Crippen LogP contribution in [-0.4, -0.2) is 28.0 Å². The van der Waals surface area contributed by atoms with Crippen LogP contribution < -0.4 is 5.73 Å². The van der Waals surface area contributed by atoms with Crippen LogP contribution in [0.3, 0.4) is 0 Å². The molecule has 1 aromatic heterocycles. The van der Waals surface area contributed by atoms with E-state index in [0.29, 0.717) is 0 Å². The highest BCUT2D eigenvalue weighted by molar-refractivity contribution is 9.10. The predicted octanol–water partition coefficient (Wildman–Crippen LogP) is 3.11. The molecule has 0 aliphatic carbocycles. The van der Waals surface area contributed by atoms with E-state index in [9.17, 15) is 0 Å². The van der Waals surface area contributed by atoms with Crippen LogP contribution in [0.1, 0.15) is 45.3 Å². The minimum Gasteiger partial charge on any atom is -0.326 e. The van der Waals surface area contributed by atoms with Gasteiger partial charge in [-0.25, -0.2) is 0 Å². The van der Waals surface area contributed by atoms with Crippen molar-refractivity contribution in [2.45, 2.75) is 51.2 Å². The summed E-state index contributed by atoms with van der Waals surface area (Å²) in [7, 11) is 0. The van der Waals surface area contributed by atoms with Gasteiger partial charge < -0.3 is 5.73 Å². The molecule has 0 aromatic carbocycles. The van der Waals surface area contributed by atoms with Crippen LogP contribution in [0.25, 0.3) is 0 Å². The molecular weight excluding hydrogens is 290 g/mol. The van der Waals surface area contributed by atoms with Crippen LogP contribution in [0.15, 0.2) is 22.8 Å². The van der Waals surface area contributed by atoms with Crippen LogP contribution in [0, 0.1) is 0 Å². The van der Waals surface area contributed by atoms with Crippen molar-refractivity contribution in [2.24, 2.45) is 5.73 Å². The van der Waals surface area contributed by atoms with Gasteiger partial charge in [-0.05, 0) is 68.2 Å². The summed E-state index contributed by atoms with van der Waals surface area (Å²) in [5.74, 6) is 0. The molecule has 0 amide bonds. The number of nitrogens with zero attached hydrogens (tertiary/aromatic N) is 2. The average Bonchev–Trinajstić information content (AvgIpc) is 2.29. The molecule has 2 N–H and O–H groups in total. The summed E-state index contributed by atoms with van der Waals surface area (Å²) in [6, 6.07) is 4.53. The molecule has 2 heterocycles. The number of rotatable bonds is 1. The molecule has 1 aliphatic rings. The number of aromatic nitrogens is 1. The molecule has 1 saturated heterocycles. The number of halogens is 1. The first-order valence-corrected chi connectivity index (χ1v) is 7.32. The second kappa shape index (κ2) is 5.27. The summed E-state index contributed by atoms with van der Waals surface area (Å²) in [5, 5.41) is 0. The summed E-state index contributed by atoms with van der Waals surface area (Å²) in [4.78, 5) is 7.03. The van der Waals surface area contributed by atoms with Crippen molar-refractivity contribution in [1.29, 1.82) is 0 Å². The highest BCUT2D eigenvalue weighted by atomic mass is 79.9. The Morgan fingerprint density at radius 1 is 1.39 bits per heavy atom. The summed E-state index contributed by atoms with van der Waals surface area (Å²) in [6.45, 7) is 7.84. The first-order chi connectivity index (χ1) is 8.39. The largest absolute Gasteiger partial charge is 0.326 e. The molecule has 18 heavy (non-hydrogen) atoms. The monoisotopic (exact) mass is 311 g/mol. The fourth-order valence-electron chi connectivity index (χ4n) is 2.72. The van der Waals surface area contributed by atoms with E-state index in [4.69, 9.17) is 5.73 Å². The molecule has 1 fully saturated rings. The Bertz CT molecular complexity index is 396. The molecular formula is C14H22BrN3. The topological polar surface area (TPSA) is 42.1 Å². The average molecular weight is 312 g/mol. The molecule has 0 spiro atoms. The van der Waals surface area contributed by atoms with Crippen LogP contribution >= 0.6 is 15.9 Å². The van der Waals surface area contributed by atoms with Crippen LogP contribution in [-0.2, 0) is 0 Å². The number of pyridine rings is 1. The molecule has 2 rings (SSSR count). The lowest BCUT2D eigenvalue weighted by Gasteiger charge is -2.47. The molecule has 0 bridgehead atoms. The van der Waals surface area contributed by atoms with Crippen LogP contribution in [0.2, 0.25) is 0 Å². The normalized spacial score (nSPS) is 26.3. The van der Waals surface area contributed by atoms with Gasteiger partial charge >= 0.3 is 0 Å². The van der Waals surface area contributed by atoms with E-state index in [1.807, 2.05) is 12.3 Å². The van der Waals surface area contributed by atoms with Crippen molar-refractivity contribution < 1.29 is 0 Å². The second-order valence-corrected chi connectivity index (χ2v) is 6.93. The third kappa shape index (κ3) is 2.92. The molecule has 0 radical (unpaired) electrons. The zero-order chi connectivity index (χ0) is 13.3. The van der Waals surface area contributed by atoms with E-state index in [1.54, 1.807) is 0 Å². The molecule has 2 unspecified atom stereocenters. The van der Waals surface area contributed by atoms with Gasteiger partial charge in [0.25, 0.3) is 0 Å². The third-order valence-electron chi connectivity index (χ3n) is 3.59. The van der Waals surface area contributed by atoms with Gasteiger partial charge in [0.15, 0.2) is 0 Å². The number of nitrogens with two attached hydrogens (primary N) is 1. The molecule has 2 atom stereocenters. The van der Waals surface area contributed by atoms with Gasteiger partial charge in [-0.15, -0.1) is 0 Å². The van der Waals surface area contributed by atoms with E-state index in [2.05, 4.69) is 52.7 Å². The van der Waals surface area contributed by atoms with Crippen molar-refractivity contribution in [3.8, 4) is 0 Å². The van der Waals surface area contributed by atoms with E-state index >= 15 is 0 Å². The molecule has 3 nitrogen and oxygen atoms in total. The van der Waals surface area contributed by atoms with Crippen LogP contribution in [0.4, 0.5) is 0 Å². The van der Waals surface area contributed by atoms with Gasteiger partial charge in [0, 0.05) is 22.3 Å². The minimum absolute atomic E-state index is 0.122. The van der Waals surface area contributed by atoms with Crippen molar-refractivity contribution in [3.05, 3.63) is 28.5 Å². The first-order valence-electron chi connectivity index (χ1n) is 6.53. The highest BCUT2D eigenvalue weighted by Crippen LogP contribution is 2.34. The number of hydrogen-bond donors (Lipinski definition) is 1. The van der Waals surface area contributed by atoms with Crippen molar-refractivity contribution in [3.63, 3.8) is 0 Å². The lowest BCUT2D eigenvalue weighted by atomic mass is 9.89. The zero-order valence-corrected chi connectivity index (χ0v) is 12.9. The SMILES string of the molecule is CC(C)(C)N1CCCC(N)C1c1ccc(Br)cn1. The lowest BCUT2D eigenvalue weighted by Crippen LogP contribution is -2.53. The maximum atomic E-state index is 6.34. The maximum Gasteiger partial charge on any atom is 0.0677 e. The molecule has 4 heteroatoms. The Morgan fingerprint density at radius 2 is 2.11 bits per heavy atom. The summed E-state index contributed by atoms with van der Waals surface area (Å²) in [6.07, 6.45) is 4.11. The predicted molar refractivity (Wildman–Crippen MR) is 78.3 cm³/mol. The molecule has 1 aliphatic heterocycles. The molecule has 0 saturated carbocycles. The Morgan fingerprint density at radius 3 is 2.67 bits per heavy atom. The summed E-state index contributed by atoms with van der Waals surface area (Å²) in [5.41, 5.74) is 7.55. The van der Waals surface area contributed by atoms with Gasteiger partial charge in [0.05, 0.1) is 11.7 Å².